The summed E-state index contributed by atoms with van der Waals surface area (Å²) in [5.74, 6) is 1.57. The molecule has 1 aliphatic rings. The van der Waals surface area contributed by atoms with Crippen molar-refractivity contribution in [1.29, 1.82) is 0 Å². The zero-order chi connectivity index (χ0) is 14.7. The Bertz CT molecular complexity index is 624. The molecule has 5 heteroatoms. The Morgan fingerprint density at radius 1 is 1.24 bits per heavy atom. The summed E-state index contributed by atoms with van der Waals surface area (Å²) in [5, 5.41) is 11.6. The number of amidine groups is 1. The molecule has 21 heavy (non-hydrogen) atoms. The van der Waals surface area contributed by atoms with E-state index in [-0.39, 0.29) is 5.84 Å². The topological polar surface area (TPSA) is 74.7 Å². The molecule has 1 saturated heterocycles. The number of nitrogens with two attached hydrogens (primary N) is 1. The molecule has 3 N–H and O–H groups in total. The molecule has 0 amide bonds. The zero-order valence-corrected chi connectivity index (χ0v) is 11.7. The maximum atomic E-state index is 8.65. The van der Waals surface area contributed by atoms with E-state index in [1.807, 2.05) is 18.2 Å². The van der Waals surface area contributed by atoms with Gasteiger partial charge in [0.1, 0.15) is 5.82 Å². The number of nitrogens with zero attached hydrogens (tertiary/aromatic N) is 3. The molecule has 1 aliphatic heterocycles. The van der Waals surface area contributed by atoms with E-state index in [0.29, 0.717) is 11.5 Å². The summed E-state index contributed by atoms with van der Waals surface area (Å²) in [6, 6.07) is 14.3. The first-order chi connectivity index (χ1) is 10.3. The minimum atomic E-state index is 0.0811. The van der Waals surface area contributed by atoms with Crippen molar-refractivity contribution in [2.75, 3.05) is 18.0 Å². The first-order valence-corrected chi connectivity index (χ1v) is 7.02. The Kier molecular flexibility index (Phi) is 3.73. The van der Waals surface area contributed by atoms with Gasteiger partial charge in [0.05, 0.1) is 0 Å². The highest BCUT2D eigenvalue weighted by molar-refractivity contribution is 5.96. The molecule has 1 fully saturated rings. The Morgan fingerprint density at radius 2 is 2.05 bits per heavy atom. The van der Waals surface area contributed by atoms with Gasteiger partial charge in [0.2, 0.25) is 0 Å². The monoisotopic (exact) mass is 282 g/mol. The Morgan fingerprint density at radius 3 is 2.71 bits per heavy atom. The summed E-state index contributed by atoms with van der Waals surface area (Å²) in [4.78, 5) is 6.68. The zero-order valence-electron chi connectivity index (χ0n) is 11.7. The van der Waals surface area contributed by atoms with Crippen molar-refractivity contribution in [2.45, 2.75) is 12.3 Å². The van der Waals surface area contributed by atoms with Crippen LogP contribution in [-0.2, 0) is 0 Å². The lowest BCUT2D eigenvalue weighted by atomic mass is 9.99. The first-order valence-electron chi connectivity index (χ1n) is 7.02. The van der Waals surface area contributed by atoms with Gasteiger partial charge in [-0.2, -0.15) is 0 Å². The fourth-order valence-electron chi connectivity index (χ4n) is 2.75. The number of aromatic nitrogens is 1. The molecule has 1 aromatic carbocycles. The third-order valence-corrected chi connectivity index (χ3v) is 3.93. The molecule has 5 nitrogen and oxygen atoms in total. The lowest BCUT2D eigenvalue weighted by Crippen LogP contribution is -2.21. The highest BCUT2D eigenvalue weighted by Crippen LogP contribution is 2.29. The Hall–Kier alpha value is -2.56. The lowest BCUT2D eigenvalue weighted by molar-refractivity contribution is 0.318. The van der Waals surface area contributed by atoms with E-state index < -0.39 is 0 Å². The second-order valence-electron chi connectivity index (χ2n) is 5.23. The van der Waals surface area contributed by atoms with Gasteiger partial charge in [-0.3, -0.25) is 0 Å². The van der Waals surface area contributed by atoms with E-state index in [0.717, 1.165) is 25.3 Å². The van der Waals surface area contributed by atoms with Gasteiger partial charge in [0, 0.05) is 30.8 Å². The summed E-state index contributed by atoms with van der Waals surface area (Å²) in [5.41, 5.74) is 7.55. The molecule has 1 atom stereocenters. The Balaban J connectivity index is 1.72. The molecule has 2 heterocycles. The standard InChI is InChI=1S/C16H18N4O/c17-16(19-21)13-6-7-15(18-10-13)20-9-8-14(11-20)12-4-2-1-3-5-12/h1-7,10,14,21H,8-9,11H2,(H2,17,19). The largest absolute Gasteiger partial charge is 0.409 e. The van der Waals surface area contributed by atoms with E-state index in [1.54, 1.807) is 6.20 Å². The van der Waals surface area contributed by atoms with Crippen LogP contribution in [0.1, 0.15) is 23.5 Å². The average Bonchev–Trinajstić information content (AvgIpc) is 3.05. The second kappa shape index (κ2) is 5.83. The third-order valence-electron chi connectivity index (χ3n) is 3.93. The molecule has 0 spiro atoms. The number of oxime groups is 1. The summed E-state index contributed by atoms with van der Waals surface area (Å²) < 4.78 is 0. The normalized spacial score (nSPS) is 19.0. The van der Waals surface area contributed by atoms with Crippen LogP contribution in [0.2, 0.25) is 0 Å². The van der Waals surface area contributed by atoms with E-state index in [9.17, 15) is 0 Å². The van der Waals surface area contributed by atoms with E-state index in [4.69, 9.17) is 10.9 Å². The highest BCUT2D eigenvalue weighted by atomic mass is 16.4. The lowest BCUT2D eigenvalue weighted by Gasteiger charge is -2.17. The smallest absolute Gasteiger partial charge is 0.171 e. The predicted octanol–water partition coefficient (Wildman–Crippen LogP) is 2.17. The molecule has 0 bridgehead atoms. The molecule has 0 radical (unpaired) electrons. The van der Waals surface area contributed by atoms with Crippen molar-refractivity contribution in [2.24, 2.45) is 10.9 Å². The number of hydrogen-bond donors (Lipinski definition) is 2. The van der Waals surface area contributed by atoms with Crippen LogP contribution in [-0.4, -0.2) is 29.1 Å². The van der Waals surface area contributed by atoms with Gasteiger partial charge >= 0.3 is 0 Å². The fourth-order valence-corrected chi connectivity index (χ4v) is 2.75. The van der Waals surface area contributed by atoms with E-state index in [1.165, 1.54) is 5.56 Å². The molecule has 1 aromatic heterocycles. The van der Waals surface area contributed by atoms with Gasteiger partial charge in [-0.15, -0.1) is 0 Å². The van der Waals surface area contributed by atoms with Crippen LogP contribution in [0.3, 0.4) is 0 Å². The van der Waals surface area contributed by atoms with Crippen molar-refractivity contribution in [3.8, 4) is 0 Å². The molecule has 108 valence electrons. The van der Waals surface area contributed by atoms with Crippen LogP contribution < -0.4 is 10.6 Å². The van der Waals surface area contributed by atoms with Crippen molar-refractivity contribution in [3.05, 3.63) is 59.8 Å². The van der Waals surface area contributed by atoms with Crippen molar-refractivity contribution in [3.63, 3.8) is 0 Å². The van der Waals surface area contributed by atoms with Gasteiger partial charge in [-0.1, -0.05) is 35.5 Å². The highest BCUT2D eigenvalue weighted by Gasteiger charge is 2.24. The minimum Gasteiger partial charge on any atom is -0.409 e. The third kappa shape index (κ3) is 2.81. The van der Waals surface area contributed by atoms with Gasteiger partial charge in [-0.05, 0) is 24.1 Å². The summed E-state index contributed by atoms with van der Waals surface area (Å²) in [7, 11) is 0. The molecule has 2 aromatic rings. The van der Waals surface area contributed by atoms with Gasteiger partial charge in [-0.25, -0.2) is 4.98 Å². The number of benzene rings is 1. The summed E-state index contributed by atoms with van der Waals surface area (Å²) in [6.07, 6.45) is 2.77. The first kappa shape index (κ1) is 13.4. The molecule has 0 saturated carbocycles. The molecular formula is C16H18N4O. The number of anilines is 1. The number of pyridine rings is 1. The van der Waals surface area contributed by atoms with Crippen LogP contribution in [0, 0.1) is 0 Å². The van der Waals surface area contributed by atoms with Crippen molar-refractivity contribution >= 4 is 11.7 Å². The average molecular weight is 282 g/mol. The SMILES string of the molecule is NC(=NO)c1ccc(N2CCC(c3ccccc3)C2)nc1. The van der Waals surface area contributed by atoms with Gasteiger partial charge in [0.25, 0.3) is 0 Å². The second-order valence-corrected chi connectivity index (χ2v) is 5.23. The number of hydrogen-bond acceptors (Lipinski definition) is 4. The summed E-state index contributed by atoms with van der Waals surface area (Å²) >= 11 is 0. The summed E-state index contributed by atoms with van der Waals surface area (Å²) in [6.45, 7) is 1.97. The van der Waals surface area contributed by atoms with Crippen LogP contribution in [0.5, 0.6) is 0 Å². The van der Waals surface area contributed by atoms with Crippen molar-refractivity contribution in [1.82, 2.24) is 4.98 Å². The van der Waals surface area contributed by atoms with Crippen LogP contribution >= 0.6 is 0 Å². The maximum Gasteiger partial charge on any atom is 0.171 e. The van der Waals surface area contributed by atoms with Crippen LogP contribution in [0.15, 0.2) is 53.8 Å². The Labute approximate surface area is 123 Å². The molecule has 3 rings (SSSR count). The van der Waals surface area contributed by atoms with E-state index >= 15 is 0 Å². The van der Waals surface area contributed by atoms with Gasteiger partial charge in [0.15, 0.2) is 5.84 Å². The predicted molar refractivity (Wildman–Crippen MR) is 82.8 cm³/mol. The fraction of sp³-hybridized carbons (Fsp3) is 0.250. The quantitative estimate of drug-likeness (QED) is 0.391. The maximum absolute atomic E-state index is 8.65. The van der Waals surface area contributed by atoms with Gasteiger partial charge < -0.3 is 15.8 Å². The molecule has 0 aliphatic carbocycles. The van der Waals surface area contributed by atoms with Crippen LogP contribution in [0.4, 0.5) is 5.82 Å². The molecule has 1 unspecified atom stereocenters. The van der Waals surface area contributed by atoms with Crippen LogP contribution in [0.25, 0.3) is 0 Å². The number of rotatable bonds is 3. The van der Waals surface area contributed by atoms with E-state index in [2.05, 4.69) is 39.3 Å². The minimum absolute atomic E-state index is 0.0811. The van der Waals surface area contributed by atoms with Crippen molar-refractivity contribution < 1.29 is 5.21 Å². The molecular weight excluding hydrogens is 264 g/mol.